The number of amides is 1. The van der Waals surface area contributed by atoms with Crippen LogP contribution in [0.25, 0.3) is 10.9 Å². The number of nitrogens with one attached hydrogen (secondary N) is 2. The highest BCUT2D eigenvalue weighted by atomic mass is 16.1. The predicted molar refractivity (Wildman–Crippen MR) is 81.8 cm³/mol. The topological polar surface area (TPSA) is 44.9 Å². The third kappa shape index (κ3) is 2.33. The van der Waals surface area contributed by atoms with E-state index in [0.717, 1.165) is 22.9 Å². The fraction of sp³-hybridized carbons (Fsp3) is 0.471. The number of aromatic amines is 1. The van der Waals surface area contributed by atoms with E-state index in [1.54, 1.807) is 0 Å². The second kappa shape index (κ2) is 4.97. The molecule has 1 heterocycles. The number of aromatic nitrogens is 1. The highest BCUT2D eigenvalue weighted by Crippen LogP contribution is 2.35. The molecule has 1 aliphatic carbocycles. The number of carbonyl (C=O) groups excluding carboxylic acids is 1. The molecule has 1 saturated carbocycles. The van der Waals surface area contributed by atoms with E-state index in [9.17, 15) is 4.79 Å². The third-order valence-electron chi connectivity index (χ3n) is 4.65. The Morgan fingerprint density at radius 3 is 2.95 bits per heavy atom. The first-order chi connectivity index (χ1) is 9.58. The van der Waals surface area contributed by atoms with Gasteiger partial charge in [-0.2, -0.15) is 0 Å². The molecule has 1 aromatic heterocycles. The molecule has 0 saturated heterocycles. The average Bonchev–Trinajstić information content (AvgIpc) is 2.89. The van der Waals surface area contributed by atoms with E-state index < -0.39 is 0 Å². The van der Waals surface area contributed by atoms with Gasteiger partial charge in [-0.15, -0.1) is 0 Å². The van der Waals surface area contributed by atoms with Gasteiger partial charge in [0.1, 0.15) is 0 Å². The van der Waals surface area contributed by atoms with E-state index in [2.05, 4.69) is 24.1 Å². The number of hydrogen-bond donors (Lipinski definition) is 2. The van der Waals surface area contributed by atoms with Crippen LogP contribution < -0.4 is 5.32 Å². The van der Waals surface area contributed by atoms with Gasteiger partial charge in [-0.1, -0.05) is 32.8 Å². The maximum atomic E-state index is 12.6. The summed E-state index contributed by atoms with van der Waals surface area (Å²) in [5.41, 5.74) is 1.98. The standard InChI is InChI=1S/C17H22N2O/c1-17(2)10-4-3-8-15(17)19-16(20)13-6-5-7-14-12(13)9-11-18-14/h5-7,9,11,15,18H,3-4,8,10H2,1-2H3,(H,19,20). The molecule has 1 atom stereocenters. The normalized spacial score (nSPS) is 21.8. The van der Waals surface area contributed by atoms with Gasteiger partial charge >= 0.3 is 0 Å². The molecule has 0 aliphatic heterocycles. The van der Waals surface area contributed by atoms with Gasteiger partial charge in [-0.05, 0) is 36.5 Å². The second-order valence-corrected chi connectivity index (χ2v) is 6.50. The summed E-state index contributed by atoms with van der Waals surface area (Å²) in [7, 11) is 0. The Hall–Kier alpha value is -1.77. The summed E-state index contributed by atoms with van der Waals surface area (Å²) in [5, 5.41) is 4.25. The van der Waals surface area contributed by atoms with Crippen molar-refractivity contribution in [2.24, 2.45) is 5.41 Å². The molecule has 3 rings (SSSR count). The summed E-state index contributed by atoms with van der Waals surface area (Å²) in [4.78, 5) is 15.7. The Labute approximate surface area is 119 Å². The molecule has 0 spiro atoms. The highest BCUT2D eigenvalue weighted by Gasteiger charge is 2.33. The fourth-order valence-electron chi connectivity index (χ4n) is 3.28. The molecular weight excluding hydrogens is 248 g/mol. The molecule has 0 radical (unpaired) electrons. The van der Waals surface area contributed by atoms with Crippen LogP contribution in [-0.2, 0) is 0 Å². The minimum atomic E-state index is 0.0511. The number of rotatable bonds is 2. The maximum Gasteiger partial charge on any atom is 0.252 e. The third-order valence-corrected chi connectivity index (χ3v) is 4.65. The van der Waals surface area contributed by atoms with Crippen LogP contribution in [0.2, 0.25) is 0 Å². The van der Waals surface area contributed by atoms with Crippen LogP contribution in [0.5, 0.6) is 0 Å². The van der Waals surface area contributed by atoms with Crippen molar-refractivity contribution in [3.05, 3.63) is 36.0 Å². The van der Waals surface area contributed by atoms with Gasteiger partial charge in [-0.3, -0.25) is 4.79 Å². The monoisotopic (exact) mass is 270 g/mol. The summed E-state index contributed by atoms with van der Waals surface area (Å²) in [6.07, 6.45) is 6.63. The molecule has 0 bridgehead atoms. The van der Waals surface area contributed by atoms with Crippen molar-refractivity contribution < 1.29 is 4.79 Å². The van der Waals surface area contributed by atoms with Gasteiger partial charge in [0.2, 0.25) is 0 Å². The molecule has 106 valence electrons. The number of hydrogen-bond acceptors (Lipinski definition) is 1. The van der Waals surface area contributed by atoms with Crippen LogP contribution in [-0.4, -0.2) is 16.9 Å². The van der Waals surface area contributed by atoms with Gasteiger partial charge in [0.05, 0.1) is 0 Å². The van der Waals surface area contributed by atoms with Crippen molar-refractivity contribution in [3.8, 4) is 0 Å². The highest BCUT2D eigenvalue weighted by molar-refractivity contribution is 6.06. The zero-order valence-electron chi connectivity index (χ0n) is 12.2. The Balaban J connectivity index is 1.84. The average molecular weight is 270 g/mol. The molecule has 1 aliphatic rings. The maximum absolute atomic E-state index is 12.6. The van der Waals surface area contributed by atoms with Crippen molar-refractivity contribution in [1.82, 2.24) is 10.3 Å². The van der Waals surface area contributed by atoms with E-state index in [1.165, 1.54) is 19.3 Å². The molecule has 3 nitrogen and oxygen atoms in total. The first-order valence-corrected chi connectivity index (χ1v) is 7.45. The Morgan fingerprint density at radius 1 is 1.30 bits per heavy atom. The van der Waals surface area contributed by atoms with Crippen molar-refractivity contribution in [2.45, 2.75) is 45.6 Å². The van der Waals surface area contributed by atoms with Crippen molar-refractivity contribution in [1.29, 1.82) is 0 Å². The van der Waals surface area contributed by atoms with Gasteiger partial charge < -0.3 is 10.3 Å². The van der Waals surface area contributed by atoms with E-state index in [1.807, 2.05) is 30.5 Å². The molecule has 1 fully saturated rings. The van der Waals surface area contributed by atoms with E-state index in [0.29, 0.717) is 0 Å². The summed E-state index contributed by atoms with van der Waals surface area (Å²) in [5.74, 6) is 0.0511. The van der Waals surface area contributed by atoms with Gasteiger partial charge in [0, 0.05) is 28.7 Å². The zero-order valence-corrected chi connectivity index (χ0v) is 12.2. The first-order valence-electron chi connectivity index (χ1n) is 7.45. The van der Waals surface area contributed by atoms with E-state index >= 15 is 0 Å². The zero-order chi connectivity index (χ0) is 14.2. The lowest BCUT2D eigenvalue weighted by molar-refractivity contribution is 0.0855. The lowest BCUT2D eigenvalue weighted by Gasteiger charge is -2.39. The molecule has 1 amide bonds. The Kier molecular flexibility index (Phi) is 3.28. The van der Waals surface area contributed by atoms with E-state index in [4.69, 9.17) is 0 Å². The predicted octanol–water partition coefficient (Wildman–Crippen LogP) is 3.87. The molecule has 1 unspecified atom stereocenters. The molecule has 1 aromatic carbocycles. The van der Waals surface area contributed by atoms with Crippen LogP contribution in [0.4, 0.5) is 0 Å². The smallest absolute Gasteiger partial charge is 0.252 e. The Morgan fingerprint density at radius 2 is 2.15 bits per heavy atom. The minimum absolute atomic E-state index is 0.0511. The number of benzene rings is 1. The lowest BCUT2D eigenvalue weighted by atomic mass is 9.73. The SMILES string of the molecule is CC1(C)CCCCC1NC(=O)c1cccc2[nH]ccc12. The van der Waals surface area contributed by atoms with Crippen LogP contribution >= 0.6 is 0 Å². The number of carbonyl (C=O) groups is 1. The van der Waals surface area contributed by atoms with Gasteiger partial charge in [0.25, 0.3) is 5.91 Å². The fourth-order valence-corrected chi connectivity index (χ4v) is 3.28. The van der Waals surface area contributed by atoms with Crippen LogP contribution in [0, 0.1) is 5.41 Å². The molecule has 20 heavy (non-hydrogen) atoms. The number of H-pyrrole nitrogens is 1. The number of fused-ring (bicyclic) bond motifs is 1. The largest absolute Gasteiger partial charge is 0.361 e. The van der Waals surface area contributed by atoms with Crippen molar-refractivity contribution in [2.75, 3.05) is 0 Å². The van der Waals surface area contributed by atoms with Crippen LogP contribution in [0.15, 0.2) is 30.5 Å². The Bertz CT molecular complexity index is 627. The molecule has 2 aromatic rings. The molecule has 2 N–H and O–H groups in total. The van der Waals surface area contributed by atoms with Gasteiger partial charge in [-0.25, -0.2) is 0 Å². The summed E-state index contributed by atoms with van der Waals surface area (Å²) in [6.45, 7) is 4.52. The van der Waals surface area contributed by atoms with Crippen molar-refractivity contribution in [3.63, 3.8) is 0 Å². The van der Waals surface area contributed by atoms with Crippen LogP contribution in [0.3, 0.4) is 0 Å². The van der Waals surface area contributed by atoms with E-state index in [-0.39, 0.29) is 17.4 Å². The first kappa shape index (κ1) is 13.2. The van der Waals surface area contributed by atoms with Gasteiger partial charge in [0.15, 0.2) is 0 Å². The minimum Gasteiger partial charge on any atom is -0.361 e. The van der Waals surface area contributed by atoms with Crippen molar-refractivity contribution >= 4 is 16.8 Å². The summed E-state index contributed by atoms with van der Waals surface area (Å²) >= 11 is 0. The molecule has 3 heteroatoms. The van der Waals surface area contributed by atoms with Crippen LogP contribution in [0.1, 0.15) is 49.9 Å². The summed E-state index contributed by atoms with van der Waals surface area (Å²) in [6, 6.07) is 8.08. The molecular formula is C17H22N2O. The second-order valence-electron chi connectivity index (χ2n) is 6.50. The summed E-state index contributed by atoms with van der Waals surface area (Å²) < 4.78 is 0. The quantitative estimate of drug-likeness (QED) is 0.855. The lowest BCUT2D eigenvalue weighted by Crippen LogP contribution is -2.46.